The van der Waals surface area contributed by atoms with E-state index in [1.807, 2.05) is 6.92 Å². The van der Waals surface area contributed by atoms with Crippen LogP contribution >= 0.6 is 24.0 Å². The highest BCUT2D eigenvalue weighted by molar-refractivity contribution is 14.0. The molecule has 2 rings (SSSR count). The van der Waals surface area contributed by atoms with Crippen molar-refractivity contribution in [2.45, 2.75) is 38.8 Å². The number of hydrogen-bond acceptors (Lipinski definition) is 5. The SMILES string of the molecule is CCNC(=NCc1ccccc1[N+](=O)[O-])NCCCOCC1CCCO1.I. The number of aliphatic imine (C=N–C) groups is 1. The van der Waals surface area contributed by atoms with Gasteiger partial charge in [0.05, 0.1) is 29.7 Å². The van der Waals surface area contributed by atoms with Crippen molar-refractivity contribution in [3.05, 3.63) is 39.9 Å². The minimum absolute atomic E-state index is 0. The highest BCUT2D eigenvalue weighted by Gasteiger charge is 2.15. The Labute approximate surface area is 177 Å². The van der Waals surface area contributed by atoms with E-state index in [0.29, 0.717) is 31.3 Å². The fourth-order valence-corrected chi connectivity index (χ4v) is 2.70. The second kappa shape index (κ2) is 13.7. The lowest BCUT2D eigenvalue weighted by Crippen LogP contribution is -2.38. The number of halogens is 1. The van der Waals surface area contributed by atoms with Gasteiger partial charge in [-0.2, -0.15) is 0 Å². The lowest BCUT2D eigenvalue weighted by molar-refractivity contribution is -0.385. The Morgan fingerprint density at radius 1 is 1.41 bits per heavy atom. The molecule has 0 aromatic heterocycles. The van der Waals surface area contributed by atoms with Gasteiger partial charge in [0.1, 0.15) is 0 Å². The summed E-state index contributed by atoms with van der Waals surface area (Å²) >= 11 is 0. The Morgan fingerprint density at radius 3 is 2.93 bits per heavy atom. The first kappa shape index (κ1) is 23.6. The van der Waals surface area contributed by atoms with Crippen LogP contribution in [0.4, 0.5) is 5.69 Å². The van der Waals surface area contributed by atoms with Crippen molar-refractivity contribution in [1.29, 1.82) is 0 Å². The quantitative estimate of drug-likeness (QED) is 0.130. The lowest BCUT2D eigenvalue weighted by atomic mass is 10.2. The molecule has 1 aromatic carbocycles. The van der Waals surface area contributed by atoms with Crippen molar-refractivity contribution in [2.24, 2.45) is 4.99 Å². The zero-order valence-corrected chi connectivity index (χ0v) is 18.0. The van der Waals surface area contributed by atoms with E-state index in [9.17, 15) is 10.1 Å². The highest BCUT2D eigenvalue weighted by atomic mass is 127. The molecule has 1 unspecified atom stereocenters. The molecule has 2 N–H and O–H groups in total. The molecule has 1 heterocycles. The second-order valence-electron chi connectivity index (χ2n) is 6.07. The van der Waals surface area contributed by atoms with Gasteiger partial charge >= 0.3 is 0 Å². The van der Waals surface area contributed by atoms with E-state index < -0.39 is 0 Å². The average Bonchev–Trinajstić information content (AvgIpc) is 3.16. The highest BCUT2D eigenvalue weighted by Crippen LogP contribution is 2.18. The van der Waals surface area contributed by atoms with E-state index in [0.717, 1.165) is 32.4 Å². The number of ether oxygens (including phenoxy) is 2. The summed E-state index contributed by atoms with van der Waals surface area (Å²) in [5.74, 6) is 0.643. The van der Waals surface area contributed by atoms with Gasteiger partial charge in [-0.25, -0.2) is 4.99 Å². The molecule has 9 heteroatoms. The Hall–Kier alpha value is -1.46. The molecular weight excluding hydrogens is 463 g/mol. The molecule has 0 spiro atoms. The summed E-state index contributed by atoms with van der Waals surface area (Å²) in [5.41, 5.74) is 0.684. The number of nitro benzene ring substituents is 1. The molecule has 1 aliphatic rings. The molecule has 1 fully saturated rings. The van der Waals surface area contributed by atoms with Gasteiger partial charge in [0.2, 0.25) is 0 Å². The Balaban J connectivity index is 0.00000364. The average molecular weight is 492 g/mol. The largest absolute Gasteiger partial charge is 0.379 e. The van der Waals surface area contributed by atoms with Gasteiger partial charge in [-0.15, -0.1) is 24.0 Å². The van der Waals surface area contributed by atoms with Crippen molar-refractivity contribution < 1.29 is 14.4 Å². The standard InChI is InChI=1S/C18H28N4O4.HI/c1-2-19-18(20-10-6-11-25-14-16-8-5-12-26-16)21-13-15-7-3-4-9-17(15)22(23)24;/h3-4,7,9,16H,2,5-6,8,10-14H2,1H3,(H2,19,20,21);1H. The molecule has 1 aromatic rings. The van der Waals surface area contributed by atoms with Crippen LogP contribution in [0, 0.1) is 10.1 Å². The van der Waals surface area contributed by atoms with E-state index in [4.69, 9.17) is 9.47 Å². The van der Waals surface area contributed by atoms with Crippen LogP contribution in [0.15, 0.2) is 29.3 Å². The summed E-state index contributed by atoms with van der Waals surface area (Å²) in [7, 11) is 0. The molecule has 1 aliphatic heterocycles. The number of nitrogens with one attached hydrogen (secondary N) is 2. The van der Waals surface area contributed by atoms with Gasteiger partial charge in [-0.05, 0) is 26.2 Å². The maximum absolute atomic E-state index is 11.1. The molecule has 0 bridgehead atoms. The Bertz CT molecular complexity index is 594. The maximum atomic E-state index is 11.1. The fourth-order valence-electron chi connectivity index (χ4n) is 2.70. The van der Waals surface area contributed by atoms with E-state index >= 15 is 0 Å². The van der Waals surface area contributed by atoms with Crippen LogP contribution in [0.25, 0.3) is 0 Å². The summed E-state index contributed by atoms with van der Waals surface area (Å²) in [4.78, 5) is 15.1. The van der Waals surface area contributed by atoms with Crippen molar-refractivity contribution in [1.82, 2.24) is 10.6 Å². The Kier molecular flexibility index (Phi) is 11.9. The van der Waals surface area contributed by atoms with E-state index in [-0.39, 0.29) is 47.2 Å². The molecule has 1 saturated heterocycles. The minimum Gasteiger partial charge on any atom is -0.379 e. The minimum atomic E-state index is -0.378. The molecule has 0 amide bonds. The van der Waals surface area contributed by atoms with Crippen molar-refractivity contribution >= 4 is 35.6 Å². The predicted octanol–water partition coefficient (Wildman–Crippen LogP) is 2.85. The third-order valence-electron chi connectivity index (χ3n) is 4.03. The fraction of sp³-hybridized carbons (Fsp3) is 0.611. The third-order valence-corrected chi connectivity index (χ3v) is 4.03. The molecule has 8 nitrogen and oxygen atoms in total. The van der Waals surface area contributed by atoms with Gasteiger partial charge < -0.3 is 20.1 Å². The van der Waals surface area contributed by atoms with Crippen molar-refractivity contribution in [3.63, 3.8) is 0 Å². The maximum Gasteiger partial charge on any atom is 0.274 e. The summed E-state index contributed by atoms with van der Waals surface area (Å²) < 4.78 is 11.1. The number of rotatable bonds is 10. The van der Waals surface area contributed by atoms with Gasteiger partial charge in [0.25, 0.3) is 5.69 Å². The zero-order chi connectivity index (χ0) is 18.6. The van der Waals surface area contributed by atoms with Crippen LogP contribution in [-0.4, -0.2) is 49.9 Å². The van der Waals surface area contributed by atoms with Crippen LogP contribution in [0.5, 0.6) is 0 Å². The zero-order valence-electron chi connectivity index (χ0n) is 15.7. The number of guanidine groups is 1. The number of nitrogens with zero attached hydrogens (tertiary/aromatic N) is 2. The molecule has 0 saturated carbocycles. The van der Waals surface area contributed by atoms with Crippen molar-refractivity contribution in [3.8, 4) is 0 Å². The number of benzene rings is 1. The second-order valence-corrected chi connectivity index (χ2v) is 6.07. The first-order valence-electron chi connectivity index (χ1n) is 9.14. The molecule has 1 atom stereocenters. The van der Waals surface area contributed by atoms with Gasteiger partial charge in [-0.3, -0.25) is 10.1 Å². The first-order chi connectivity index (χ1) is 12.7. The summed E-state index contributed by atoms with van der Waals surface area (Å²) in [5, 5.41) is 17.4. The van der Waals surface area contributed by atoms with Crippen LogP contribution in [0.3, 0.4) is 0 Å². The van der Waals surface area contributed by atoms with E-state index in [1.165, 1.54) is 6.07 Å². The monoisotopic (exact) mass is 492 g/mol. The van der Waals surface area contributed by atoms with Crippen LogP contribution in [0.1, 0.15) is 31.7 Å². The molecule has 27 heavy (non-hydrogen) atoms. The van der Waals surface area contributed by atoms with E-state index in [1.54, 1.807) is 18.2 Å². The predicted molar refractivity (Wildman–Crippen MR) is 116 cm³/mol. The molecule has 0 aliphatic carbocycles. The van der Waals surface area contributed by atoms with Crippen molar-refractivity contribution in [2.75, 3.05) is 32.9 Å². The molecule has 0 radical (unpaired) electrons. The smallest absolute Gasteiger partial charge is 0.274 e. The first-order valence-corrected chi connectivity index (χ1v) is 9.14. The van der Waals surface area contributed by atoms with Gasteiger partial charge in [0.15, 0.2) is 5.96 Å². The molecular formula is C18H29IN4O4. The molecule has 152 valence electrons. The van der Waals surface area contributed by atoms with Gasteiger partial charge in [-0.1, -0.05) is 18.2 Å². The number of nitro groups is 1. The van der Waals surface area contributed by atoms with Crippen LogP contribution in [0.2, 0.25) is 0 Å². The summed E-state index contributed by atoms with van der Waals surface area (Å²) in [6.45, 7) is 5.83. The van der Waals surface area contributed by atoms with Crippen LogP contribution < -0.4 is 10.6 Å². The summed E-state index contributed by atoms with van der Waals surface area (Å²) in [6, 6.07) is 6.66. The van der Waals surface area contributed by atoms with E-state index in [2.05, 4.69) is 15.6 Å². The lowest BCUT2D eigenvalue weighted by Gasteiger charge is -2.12. The van der Waals surface area contributed by atoms with Crippen LogP contribution in [-0.2, 0) is 16.0 Å². The third kappa shape index (κ3) is 8.85. The topological polar surface area (TPSA) is 98.0 Å². The number of para-hydroxylation sites is 1. The normalized spacial score (nSPS) is 16.6. The summed E-state index contributed by atoms with van der Waals surface area (Å²) in [6.07, 6.45) is 3.31. The Morgan fingerprint density at radius 2 is 2.22 bits per heavy atom. The van der Waals surface area contributed by atoms with Gasteiger partial charge in [0, 0.05) is 32.4 Å². The number of hydrogen-bond donors (Lipinski definition) is 2.